The molecular formula is C20H42O2. The van der Waals surface area contributed by atoms with Crippen LogP contribution in [0.15, 0.2) is 0 Å². The molecule has 0 aromatic heterocycles. The summed E-state index contributed by atoms with van der Waals surface area (Å²) < 4.78 is 0. The Morgan fingerprint density at radius 2 is 1.23 bits per heavy atom. The second-order valence-corrected chi connectivity index (χ2v) is 7.11. The fourth-order valence-corrected chi connectivity index (χ4v) is 3.38. The predicted molar refractivity (Wildman–Crippen MR) is 97.2 cm³/mol. The van der Waals surface area contributed by atoms with E-state index < -0.39 is 0 Å². The van der Waals surface area contributed by atoms with Gasteiger partial charge in [-0.25, -0.2) is 0 Å². The lowest BCUT2D eigenvalue weighted by molar-refractivity contribution is -0.0338. The van der Waals surface area contributed by atoms with E-state index in [0.717, 1.165) is 32.1 Å². The Kier molecular flexibility index (Phi) is 14.5. The van der Waals surface area contributed by atoms with E-state index in [1.54, 1.807) is 0 Å². The van der Waals surface area contributed by atoms with Crippen molar-refractivity contribution in [2.75, 3.05) is 6.61 Å². The second kappa shape index (κ2) is 14.5. The molecule has 0 aromatic carbocycles. The molecule has 0 rings (SSSR count). The molecule has 2 unspecified atom stereocenters. The summed E-state index contributed by atoms with van der Waals surface area (Å²) in [4.78, 5) is 0. The van der Waals surface area contributed by atoms with Gasteiger partial charge in [0.05, 0.1) is 12.7 Å². The van der Waals surface area contributed by atoms with Crippen molar-refractivity contribution >= 4 is 0 Å². The number of hydrogen-bond donors (Lipinski definition) is 2. The number of rotatable bonds is 16. The maximum absolute atomic E-state index is 10.6. The fourth-order valence-electron chi connectivity index (χ4n) is 3.38. The van der Waals surface area contributed by atoms with Gasteiger partial charge in [0.15, 0.2) is 0 Å². The molecular weight excluding hydrogens is 272 g/mol. The minimum atomic E-state index is -0.334. The first-order valence-corrected chi connectivity index (χ1v) is 9.95. The second-order valence-electron chi connectivity index (χ2n) is 7.11. The Bertz CT molecular complexity index is 224. The lowest BCUT2D eigenvalue weighted by Gasteiger charge is -2.36. The van der Waals surface area contributed by atoms with Crippen molar-refractivity contribution in [3.63, 3.8) is 0 Å². The van der Waals surface area contributed by atoms with Crippen LogP contribution < -0.4 is 0 Å². The van der Waals surface area contributed by atoms with E-state index in [1.807, 2.05) is 0 Å². The third-order valence-corrected chi connectivity index (χ3v) is 5.34. The van der Waals surface area contributed by atoms with Gasteiger partial charge in [-0.2, -0.15) is 0 Å². The first-order valence-electron chi connectivity index (χ1n) is 9.95. The summed E-state index contributed by atoms with van der Waals surface area (Å²) in [6.45, 7) is 6.72. The van der Waals surface area contributed by atoms with Crippen molar-refractivity contribution < 1.29 is 10.2 Å². The van der Waals surface area contributed by atoms with Crippen molar-refractivity contribution in [1.82, 2.24) is 0 Å². The first-order chi connectivity index (χ1) is 10.7. The van der Waals surface area contributed by atoms with Crippen LogP contribution in [0, 0.1) is 5.41 Å². The van der Waals surface area contributed by atoms with Crippen LogP contribution in [-0.2, 0) is 0 Å². The Hall–Kier alpha value is -0.0800. The van der Waals surface area contributed by atoms with Crippen LogP contribution in [0.3, 0.4) is 0 Å². The highest BCUT2D eigenvalue weighted by molar-refractivity contribution is 4.85. The van der Waals surface area contributed by atoms with Crippen LogP contribution in [0.4, 0.5) is 0 Å². The smallest absolute Gasteiger partial charge is 0.0618 e. The molecule has 0 bridgehead atoms. The average Bonchev–Trinajstić information content (AvgIpc) is 2.54. The van der Waals surface area contributed by atoms with Gasteiger partial charge in [0.25, 0.3) is 0 Å². The van der Waals surface area contributed by atoms with Gasteiger partial charge >= 0.3 is 0 Å². The number of hydrogen-bond acceptors (Lipinski definition) is 2. The van der Waals surface area contributed by atoms with Crippen LogP contribution in [-0.4, -0.2) is 22.9 Å². The maximum atomic E-state index is 10.6. The highest BCUT2D eigenvalue weighted by Gasteiger charge is 2.34. The van der Waals surface area contributed by atoms with Crippen molar-refractivity contribution in [2.24, 2.45) is 5.41 Å². The third kappa shape index (κ3) is 9.15. The number of aliphatic hydroxyl groups excluding tert-OH is 2. The van der Waals surface area contributed by atoms with E-state index in [4.69, 9.17) is 0 Å². The van der Waals surface area contributed by atoms with E-state index in [0.29, 0.717) is 0 Å². The zero-order valence-corrected chi connectivity index (χ0v) is 15.6. The van der Waals surface area contributed by atoms with Crippen molar-refractivity contribution in [2.45, 2.75) is 117 Å². The standard InChI is InChI=1S/C20H42O2/c1-4-7-9-11-13-15-17-20(6-3,18-21)19(22)16-14-12-10-8-5-2/h19,21-22H,4-18H2,1-3H3. The Morgan fingerprint density at radius 1 is 0.727 bits per heavy atom. The summed E-state index contributed by atoms with van der Waals surface area (Å²) in [6.07, 6.45) is 16.2. The van der Waals surface area contributed by atoms with Crippen LogP contribution in [0.1, 0.15) is 111 Å². The van der Waals surface area contributed by atoms with Gasteiger partial charge < -0.3 is 10.2 Å². The monoisotopic (exact) mass is 314 g/mol. The molecule has 0 aliphatic rings. The van der Waals surface area contributed by atoms with Crippen molar-refractivity contribution in [3.05, 3.63) is 0 Å². The normalized spacial score (nSPS) is 15.7. The molecule has 2 N–H and O–H groups in total. The van der Waals surface area contributed by atoms with E-state index >= 15 is 0 Å². The number of aliphatic hydroxyl groups is 2. The lowest BCUT2D eigenvalue weighted by Crippen LogP contribution is -2.38. The largest absolute Gasteiger partial charge is 0.396 e. The van der Waals surface area contributed by atoms with Crippen molar-refractivity contribution in [3.8, 4) is 0 Å². The number of unbranched alkanes of at least 4 members (excludes halogenated alkanes) is 9. The lowest BCUT2D eigenvalue weighted by atomic mass is 9.74. The molecule has 0 saturated heterocycles. The molecule has 134 valence electrons. The molecule has 0 aromatic rings. The molecule has 0 amide bonds. The highest BCUT2D eigenvalue weighted by Crippen LogP contribution is 2.35. The van der Waals surface area contributed by atoms with Gasteiger partial charge in [-0.15, -0.1) is 0 Å². The topological polar surface area (TPSA) is 40.5 Å². The van der Waals surface area contributed by atoms with Crippen LogP contribution in [0.5, 0.6) is 0 Å². The minimum absolute atomic E-state index is 0.134. The van der Waals surface area contributed by atoms with Gasteiger partial charge in [0.1, 0.15) is 0 Å². The van der Waals surface area contributed by atoms with Crippen molar-refractivity contribution in [1.29, 1.82) is 0 Å². The molecule has 2 nitrogen and oxygen atoms in total. The molecule has 0 fully saturated rings. The predicted octanol–water partition coefficient (Wildman–Crippen LogP) is 5.85. The molecule has 0 aliphatic carbocycles. The summed E-state index contributed by atoms with van der Waals surface area (Å²) in [5, 5.41) is 20.5. The maximum Gasteiger partial charge on any atom is 0.0618 e. The molecule has 0 spiro atoms. The van der Waals surface area contributed by atoms with Gasteiger partial charge in [-0.1, -0.05) is 91.4 Å². The van der Waals surface area contributed by atoms with E-state index in [2.05, 4.69) is 20.8 Å². The van der Waals surface area contributed by atoms with E-state index in [-0.39, 0.29) is 18.1 Å². The zero-order valence-electron chi connectivity index (χ0n) is 15.6. The summed E-state index contributed by atoms with van der Waals surface area (Å²) in [7, 11) is 0. The molecule has 2 atom stereocenters. The molecule has 0 aliphatic heterocycles. The van der Waals surface area contributed by atoms with Gasteiger partial charge in [0, 0.05) is 5.41 Å². The van der Waals surface area contributed by atoms with Gasteiger partial charge in [0.2, 0.25) is 0 Å². The van der Waals surface area contributed by atoms with E-state index in [1.165, 1.54) is 57.8 Å². The minimum Gasteiger partial charge on any atom is -0.396 e. The Morgan fingerprint density at radius 3 is 1.73 bits per heavy atom. The molecule has 22 heavy (non-hydrogen) atoms. The molecule has 2 heteroatoms. The summed E-state index contributed by atoms with van der Waals surface area (Å²) in [6, 6.07) is 0. The summed E-state index contributed by atoms with van der Waals surface area (Å²) in [5.41, 5.74) is -0.254. The third-order valence-electron chi connectivity index (χ3n) is 5.34. The zero-order chi connectivity index (χ0) is 16.7. The SMILES string of the molecule is CCCCCCCCC(CC)(CO)C(O)CCCCCCC. The molecule has 0 saturated carbocycles. The first kappa shape index (κ1) is 21.9. The van der Waals surface area contributed by atoms with Crippen LogP contribution in [0.2, 0.25) is 0 Å². The van der Waals surface area contributed by atoms with Crippen LogP contribution in [0.25, 0.3) is 0 Å². The molecule has 0 heterocycles. The highest BCUT2D eigenvalue weighted by atomic mass is 16.3. The Labute approximate surface area is 139 Å². The summed E-state index contributed by atoms with van der Waals surface area (Å²) >= 11 is 0. The average molecular weight is 315 g/mol. The van der Waals surface area contributed by atoms with E-state index in [9.17, 15) is 10.2 Å². The van der Waals surface area contributed by atoms with Gasteiger partial charge in [-0.3, -0.25) is 0 Å². The molecule has 0 radical (unpaired) electrons. The quantitative estimate of drug-likeness (QED) is 0.351. The fraction of sp³-hybridized carbons (Fsp3) is 1.00. The Balaban J connectivity index is 4.05. The van der Waals surface area contributed by atoms with Crippen LogP contribution >= 0.6 is 0 Å². The summed E-state index contributed by atoms with van der Waals surface area (Å²) in [5.74, 6) is 0. The van der Waals surface area contributed by atoms with Gasteiger partial charge in [-0.05, 0) is 19.3 Å².